The Kier molecular flexibility index (Phi) is 9.65. The fraction of sp³-hybridized carbons (Fsp3) is 0.250. The van der Waals surface area contributed by atoms with Gasteiger partial charge >= 0.3 is 0 Å². The number of hydrogen-bond acceptors (Lipinski definition) is 10. The number of nitrogens with one attached hydrogen (secondary N) is 2. The van der Waals surface area contributed by atoms with Crippen molar-refractivity contribution in [1.82, 2.24) is 20.4 Å². The summed E-state index contributed by atoms with van der Waals surface area (Å²) in [7, 11) is 8.23. The average Bonchev–Trinajstić information content (AvgIpc) is 3.54. The molecule has 3 unspecified atom stereocenters. The van der Waals surface area contributed by atoms with Gasteiger partial charge in [0.25, 0.3) is 11.8 Å². The maximum absolute atomic E-state index is 12.4. The van der Waals surface area contributed by atoms with Crippen molar-refractivity contribution in [2.24, 2.45) is 0 Å². The molecule has 14 heteroatoms. The van der Waals surface area contributed by atoms with Crippen molar-refractivity contribution in [3.05, 3.63) is 69.7 Å². The number of carbonyl (C=O) groups excluding carboxylic acids is 2. The fourth-order valence-electron chi connectivity index (χ4n) is 3.47. The van der Waals surface area contributed by atoms with Crippen molar-refractivity contribution in [2.45, 2.75) is 37.9 Å². The minimum absolute atomic E-state index is 0.309. The summed E-state index contributed by atoms with van der Waals surface area (Å²) in [4.78, 5) is 24.7. The van der Waals surface area contributed by atoms with Crippen LogP contribution in [0.25, 0.3) is 0 Å². The number of aliphatic hydroxyl groups excluding tert-OH is 2. The van der Waals surface area contributed by atoms with Crippen LogP contribution < -0.4 is 21.4 Å². The van der Waals surface area contributed by atoms with Crippen LogP contribution in [0.3, 0.4) is 0 Å². The summed E-state index contributed by atoms with van der Waals surface area (Å²) in [5.74, 6) is -1.18. The summed E-state index contributed by atoms with van der Waals surface area (Å²) in [6.07, 6.45) is 0.276. The lowest BCUT2D eigenvalue weighted by molar-refractivity contribution is -0.124. The lowest BCUT2D eigenvalue weighted by atomic mass is 9.93. The first-order valence-corrected chi connectivity index (χ1v) is 13.8. The van der Waals surface area contributed by atoms with E-state index in [1.165, 1.54) is 22.7 Å². The number of hydrogen-bond donors (Lipinski definition) is 4. The number of aromatic nitrogens is 4. The molecule has 0 spiro atoms. The Morgan fingerprint density at radius 2 is 1.32 bits per heavy atom. The Labute approximate surface area is 230 Å². The summed E-state index contributed by atoms with van der Waals surface area (Å²) < 4.78 is 0. The molecule has 0 aliphatic carbocycles. The zero-order chi connectivity index (χ0) is 27.1. The predicted octanol–water partition coefficient (Wildman–Crippen LogP) is 1.59. The second-order valence-corrected chi connectivity index (χ2v) is 11.1. The van der Waals surface area contributed by atoms with Gasteiger partial charge < -0.3 is 10.2 Å². The van der Waals surface area contributed by atoms with E-state index in [1.807, 2.05) is 6.07 Å². The standard InChI is InChI=1S/C24H24BN6O4PS2/c25-15-7-3-5-13(11-15)19(32)21(34)26-23-30-28-17(37-23)9-1-2-10-18-29-31-24(38-18)27-22(35)20(33)14-6-4-8-16(36)12-14/h3-8,11-12,19-20,32-33H,1-2,9-10,36H2,(H,26,30,34)(H,27,31,35). The molecule has 2 amide bonds. The second-order valence-electron chi connectivity index (χ2n) is 8.33. The first-order chi connectivity index (χ1) is 18.3. The van der Waals surface area contributed by atoms with Crippen molar-refractivity contribution < 1.29 is 19.8 Å². The van der Waals surface area contributed by atoms with E-state index in [0.29, 0.717) is 39.7 Å². The van der Waals surface area contributed by atoms with Gasteiger partial charge in [-0.05, 0) is 35.3 Å². The van der Waals surface area contributed by atoms with Crippen molar-refractivity contribution >= 4 is 72.6 Å². The number of nitrogens with zero attached hydrogens (tertiary/aromatic N) is 4. The van der Waals surface area contributed by atoms with E-state index in [-0.39, 0.29) is 0 Å². The Morgan fingerprint density at radius 3 is 1.82 bits per heavy atom. The van der Waals surface area contributed by atoms with Crippen LogP contribution in [0, 0.1) is 0 Å². The second kappa shape index (κ2) is 13.1. The molecule has 2 radical (unpaired) electrons. The van der Waals surface area contributed by atoms with Gasteiger partial charge in [0.1, 0.15) is 17.9 Å². The molecule has 194 valence electrons. The van der Waals surface area contributed by atoms with E-state index in [2.05, 4.69) is 40.3 Å². The van der Waals surface area contributed by atoms with Crippen LogP contribution in [0.15, 0.2) is 48.5 Å². The zero-order valence-electron chi connectivity index (χ0n) is 20.1. The van der Waals surface area contributed by atoms with Crippen LogP contribution in [0.5, 0.6) is 0 Å². The molecule has 0 aliphatic heterocycles. The number of anilines is 2. The molecule has 0 saturated heterocycles. The van der Waals surface area contributed by atoms with E-state index in [9.17, 15) is 19.8 Å². The van der Waals surface area contributed by atoms with Gasteiger partial charge in [-0.3, -0.25) is 20.2 Å². The summed E-state index contributed by atoms with van der Waals surface area (Å²) in [5.41, 5.74) is 1.35. The number of aliphatic hydroxyl groups is 2. The van der Waals surface area contributed by atoms with Gasteiger partial charge in [0, 0.05) is 12.8 Å². The first kappa shape index (κ1) is 27.9. The van der Waals surface area contributed by atoms with E-state index in [0.717, 1.165) is 28.2 Å². The molecule has 3 atom stereocenters. The highest BCUT2D eigenvalue weighted by atomic mass is 32.1. The zero-order valence-corrected chi connectivity index (χ0v) is 22.9. The summed E-state index contributed by atoms with van der Waals surface area (Å²) in [5, 5.41) is 44.9. The van der Waals surface area contributed by atoms with Crippen molar-refractivity contribution in [3.8, 4) is 0 Å². The maximum Gasteiger partial charge on any atom is 0.259 e. The number of aryl methyl sites for hydroxylation is 2. The number of rotatable bonds is 11. The minimum atomic E-state index is -1.36. The molecular formula is C24H24BN6O4PS2. The SMILES string of the molecule is [B]c1cccc(C(O)C(=O)Nc2nnc(CCCCc3nnc(NC(=O)C(O)c4cccc(P)c4)s3)s2)c1. The normalized spacial score (nSPS) is 12.6. The number of unbranched alkanes of at least 4 members (excludes halogenated alkanes) is 1. The highest BCUT2D eigenvalue weighted by Crippen LogP contribution is 2.22. The third kappa shape index (κ3) is 7.72. The van der Waals surface area contributed by atoms with Crippen molar-refractivity contribution in [3.63, 3.8) is 0 Å². The predicted molar refractivity (Wildman–Crippen MR) is 151 cm³/mol. The highest BCUT2D eigenvalue weighted by Gasteiger charge is 2.20. The lowest BCUT2D eigenvalue weighted by Gasteiger charge is -2.10. The smallest absolute Gasteiger partial charge is 0.259 e. The van der Waals surface area contributed by atoms with E-state index < -0.39 is 24.0 Å². The van der Waals surface area contributed by atoms with Gasteiger partial charge in [0.15, 0.2) is 12.2 Å². The molecule has 2 aromatic carbocycles. The average molecular weight is 566 g/mol. The van der Waals surface area contributed by atoms with Crippen LogP contribution >= 0.6 is 31.9 Å². The molecule has 4 rings (SSSR count). The Morgan fingerprint density at radius 1 is 0.816 bits per heavy atom. The fourth-order valence-corrected chi connectivity index (χ4v) is 5.34. The van der Waals surface area contributed by atoms with Gasteiger partial charge in [-0.25, -0.2) is 0 Å². The highest BCUT2D eigenvalue weighted by molar-refractivity contribution is 7.27. The Hall–Kier alpha value is -3.09. The summed E-state index contributed by atoms with van der Waals surface area (Å²) in [6, 6.07) is 13.5. The quantitative estimate of drug-likeness (QED) is 0.122. The molecule has 4 N–H and O–H groups in total. The summed E-state index contributed by atoms with van der Waals surface area (Å²) in [6.45, 7) is 0. The van der Waals surface area contributed by atoms with Crippen LogP contribution in [0.1, 0.15) is 46.2 Å². The topological polar surface area (TPSA) is 150 Å². The van der Waals surface area contributed by atoms with Gasteiger partial charge in [-0.2, -0.15) is 0 Å². The summed E-state index contributed by atoms with van der Waals surface area (Å²) >= 11 is 2.51. The lowest BCUT2D eigenvalue weighted by Crippen LogP contribution is -2.21. The molecule has 0 saturated carbocycles. The van der Waals surface area contributed by atoms with Crippen LogP contribution in [-0.4, -0.2) is 50.3 Å². The largest absolute Gasteiger partial charge is 0.378 e. The van der Waals surface area contributed by atoms with Crippen molar-refractivity contribution in [1.29, 1.82) is 0 Å². The molecule has 38 heavy (non-hydrogen) atoms. The Bertz CT molecular complexity index is 1310. The first-order valence-electron chi connectivity index (χ1n) is 11.6. The number of amides is 2. The third-order valence-corrected chi connectivity index (χ3v) is 7.53. The van der Waals surface area contributed by atoms with Gasteiger partial charge in [0.2, 0.25) is 10.3 Å². The minimum Gasteiger partial charge on any atom is -0.378 e. The van der Waals surface area contributed by atoms with Crippen LogP contribution in [-0.2, 0) is 22.4 Å². The molecule has 0 bridgehead atoms. The monoisotopic (exact) mass is 566 g/mol. The molecular weight excluding hydrogens is 542 g/mol. The molecule has 0 aliphatic rings. The van der Waals surface area contributed by atoms with Crippen LogP contribution in [0.2, 0.25) is 0 Å². The molecule has 10 nitrogen and oxygen atoms in total. The molecule has 2 aromatic heterocycles. The van der Waals surface area contributed by atoms with Gasteiger partial charge in [0.05, 0.1) is 0 Å². The number of benzene rings is 2. The molecule has 4 aromatic rings. The molecule has 0 fully saturated rings. The third-order valence-electron chi connectivity index (χ3n) is 5.37. The van der Waals surface area contributed by atoms with E-state index in [1.54, 1.807) is 42.5 Å². The molecule has 2 heterocycles. The van der Waals surface area contributed by atoms with Gasteiger partial charge in [-0.1, -0.05) is 70.6 Å². The Balaban J connectivity index is 1.19. The van der Waals surface area contributed by atoms with Gasteiger partial charge in [-0.15, -0.1) is 29.6 Å². The van der Waals surface area contributed by atoms with E-state index >= 15 is 0 Å². The maximum atomic E-state index is 12.4. The number of carbonyl (C=O) groups is 2. The van der Waals surface area contributed by atoms with Crippen LogP contribution in [0.4, 0.5) is 10.3 Å². The van der Waals surface area contributed by atoms with E-state index in [4.69, 9.17) is 7.85 Å². The van der Waals surface area contributed by atoms with Crippen molar-refractivity contribution in [2.75, 3.05) is 10.6 Å².